The number of aliphatic hydroxyl groups is 1. The van der Waals surface area contributed by atoms with E-state index in [1.807, 2.05) is 0 Å². The molecule has 4 N–H and O–H groups in total. The van der Waals surface area contributed by atoms with Crippen LogP contribution >= 0.6 is 0 Å². The van der Waals surface area contributed by atoms with Crippen LogP contribution in [0.25, 0.3) is 11.2 Å². The van der Waals surface area contributed by atoms with Crippen LogP contribution in [-0.2, 0) is 4.74 Å². The van der Waals surface area contributed by atoms with E-state index in [1.165, 1.54) is 35.6 Å². The summed E-state index contributed by atoms with van der Waals surface area (Å²) in [4.78, 5) is 35.7. The lowest BCUT2D eigenvalue weighted by Crippen LogP contribution is -2.31. The molecule has 0 aliphatic carbocycles. The maximum Gasteiger partial charge on any atom is 0.337 e. The van der Waals surface area contributed by atoms with Crippen molar-refractivity contribution in [2.75, 3.05) is 12.3 Å². The Morgan fingerprint density at radius 2 is 2.11 bits per heavy atom. The average Bonchev–Trinajstić information content (AvgIpc) is 3.26. The van der Waals surface area contributed by atoms with E-state index in [0.29, 0.717) is 17.6 Å². The largest absolute Gasteiger partial charge is 0.478 e. The van der Waals surface area contributed by atoms with Crippen molar-refractivity contribution in [3.63, 3.8) is 0 Å². The van der Waals surface area contributed by atoms with Crippen molar-refractivity contribution in [3.8, 4) is 0 Å². The summed E-state index contributed by atoms with van der Waals surface area (Å²) in [6.45, 7) is -0.339. The molecule has 1 saturated heterocycles. The van der Waals surface area contributed by atoms with Crippen LogP contribution in [0.1, 0.15) is 29.0 Å². The van der Waals surface area contributed by atoms with E-state index < -0.39 is 24.3 Å². The van der Waals surface area contributed by atoms with Crippen LogP contribution < -0.4 is 11.3 Å². The number of anilines is 1. The summed E-state index contributed by atoms with van der Waals surface area (Å²) < 4.78 is 8.83. The van der Waals surface area contributed by atoms with E-state index in [4.69, 9.17) is 10.5 Å². The highest BCUT2D eigenvalue weighted by Crippen LogP contribution is 2.37. The SMILES string of the molecule is Nc1ncnc2c1ncn2[C@H]1C[C@H](n2cc(C(=O)O)ccc2=O)[C@@H](CO)O1. The summed E-state index contributed by atoms with van der Waals surface area (Å²) in [7, 11) is 0. The highest BCUT2D eigenvalue weighted by atomic mass is 16.5. The minimum Gasteiger partial charge on any atom is -0.478 e. The second kappa shape index (κ2) is 6.45. The Bertz CT molecular complexity index is 1080. The molecule has 0 unspecified atom stereocenters. The zero-order chi connectivity index (χ0) is 19.1. The molecule has 140 valence electrons. The van der Waals surface area contributed by atoms with Crippen LogP contribution in [0.5, 0.6) is 0 Å². The summed E-state index contributed by atoms with van der Waals surface area (Å²) >= 11 is 0. The standard InChI is InChI=1S/C16H16N6O5/c17-14-13-15(19-6-18-14)22(7-20-13)12-3-9(10(5-23)27-12)21-4-8(16(25)26)1-2-11(21)24/h1-2,4,6-7,9-10,12,23H,3,5H2,(H,25,26)(H2,17,18,19)/t9-,10+,12+/m0/s1. The smallest absolute Gasteiger partial charge is 0.337 e. The molecule has 3 aromatic rings. The van der Waals surface area contributed by atoms with E-state index in [9.17, 15) is 19.8 Å². The molecule has 0 aromatic carbocycles. The van der Waals surface area contributed by atoms with Gasteiger partial charge in [-0.3, -0.25) is 9.36 Å². The first-order chi connectivity index (χ1) is 13.0. The van der Waals surface area contributed by atoms with E-state index in [2.05, 4.69) is 15.0 Å². The third-order valence-electron chi connectivity index (χ3n) is 4.62. The molecule has 3 atom stereocenters. The van der Waals surface area contributed by atoms with Crippen molar-refractivity contribution in [1.29, 1.82) is 0 Å². The summed E-state index contributed by atoms with van der Waals surface area (Å²) in [5, 5.41) is 18.9. The Balaban J connectivity index is 1.72. The molecule has 11 heteroatoms. The normalized spacial score (nSPS) is 22.3. The molecule has 1 aliphatic heterocycles. The number of aliphatic hydroxyl groups excluding tert-OH is 1. The highest BCUT2D eigenvalue weighted by Gasteiger charge is 2.38. The minimum atomic E-state index is -1.15. The van der Waals surface area contributed by atoms with Gasteiger partial charge < -0.3 is 25.3 Å². The molecule has 0 spiro atoms. The van der Waals surface area contributed by atoms with E-state index >= 15 is 0 Å². The maximum atomic E-state index is 12.3. The van der Waals surface area contributed by atoms with Gasteiger partial charge in [-0.1, -0.05) is 0 Å². The summed E-state index contributed by atoms with van der Waals surface area (Å²) in [5.41, 5.74) is 6.29. The second-order valence-electron chi connectivity index (χ2n) is 6.17. The summed E-state index contributed by atoms with van der Waals surface area (Å²) in [5.74, 6) is -0.912. The van der Waals surface area contributed by atoms with Crippen LogP contribution in [0.3, 0.4) is 0 Å². The quantitative estimate of drug-likeness (QED) is 0.563. The molecular formula is C16H16N6O5. The molecule has 4 heterocycles. The minimum absolute atomic E-state index is 0.0247. The van der Waals surface area contributed by atoms with Crippen molar-refractivity contribution in [3.05, 3.63) is 46.9 Å². The molecule has 1 aliphatic rings. The number of imidazole rings is 1. The van der Waals surface area contributed by atoms with Gasteiger partial charge in [0.1, 0.15) is 24.2 Å². The van der Waals surface area contributed by atoms with Gasteiger partial charge in [0.05, 0.1) is 24.5 Å². The number of aromatic nitrogens is 5. The Labute approximate surface area is 151 Å². The number of nitrogens with zero attached hydrogens (tertiary/aromatic N) is 5. The van der Waals surface area contributed by atoms with Crippen molar-refractivity contribution in [2.24, 2.45) is 0 Å². The van der Waals surface area contributed by atoms with E-state index in [0.717, 1.165) is 0 Å². The van der Waals surface area contributed by atoms with Crippen LogP contribution in [0.2, 0.25) is 0 Å². The number of carbonyl (C=O) groups is 1. The Morgan fingerprint density at radius 3 is 2.85 bits per heavy atom. The number of rotatable bonds is 4. The maximum absolute atomic E-state index is 12.3. The van der Waals surface area contributed by atoms with Crippen LogP contribution in [0.15, 0.2) is 35.8 Å². The van der Waals surface area contributed by atoms with Crippen LogP contribution in [-0.4, -0.2) is 53.0 Å². The van der Waals surface area contributed by atoms with Gasteiger partial charge >= 0.3 is 5.97 Å². The number of pyridine rings is 1. The molecule has 0 bridgehead atoms. The van der Waals surface area contributed by atoms with Gasteiger partial charge in [-0.25, -0.2) is 19.7 Å². The van der Waals surface area contributed by atoms with Gasteiger partial charge in [-0.05, 0) is 6.07 Å². The average molecular weight is 372 g/mol. The monoisotopic (exact) mass is 372 g/mol. The molecule has 0 radical (unpaired) electrons. The lowest BCUT2D eigenvalue weighted by Gasteiger charge is -2.18. The first-order valence-electron chi connectivity index (χ1n) is 8.14. The molecule has 0 amide bonds. The number of hydrogen-bond donors (Lipinski definition) is 3. The van der Waals surface area contributed by atoms with Crippen LogP contribution in [0, 0.1) is 0 Å². The number of carboxylic acid groups (broad SMARTS) is 1. The fourth-order valence-corrected chi connectivity index (χ4v) is 3.31. The fourth-order valence-electron chi connectivity index (χ4n) is 3.31. The molecule has 27 heavy (non-hydrogen) atoms. The molecule has 0 saturated carbocycles. The second-order valence-corrected chi connectivity index (χ2v) is 6.17. The van der Waals surface area contributed by atoms with Gasteiger partial charge in [0.2, 0.25) is 0 Å². The van der Waals surface area contributed by atoms with E-state index in [1.54, 1.807) is 4.57 Å². The van der Waals surface area contributed by atoms with Gasteiger partial charge in [0, 0.05) is 18.7 Å². The van der Waals surface area contributed by atoms with Gasteiger partial charge in [0.25, 0.3) is 5.56 Å². The summed E-state index contributed by atoms with van der Waals surface area (Å²) in [6, 6.07) is 1.88. The number of nitrogens with two attached hydrogens (primary N) is 1. The molecular weight excluding hydrogens is 356 g/mol. The number of ether oxygens (including phenoxy) is 1. The van der Waals surface area contributed by atoms with Gasteiger partial charge in [0.15, 0.2) is 11.5 Å². The lowest BCUT2D eigenvalue weighted by molar-refractivity contribution is -0.0281. The number of hydrogen-bond acceptors (Lipinski definition) is 8. The Hall–Kier alpha value is -3.31. The third kappa shape index (κ3) is 2.82. The third-order valence-corrected chi connectivity index (χ3v) is 4.62. The van der Waals surface area contributed by atoms with Gasteiger partial charge in [-0.2, -0.15) is 0 Å². The number of carboxylic acids is 1. The molecule has 1 fully saturated rings. The fraction of sp³-hybridized carbons (Fsp3) is 0.312. The van der Waals surface area contributed by atoms with Crippen molar-refractivity contribution in [1.82, 2.24) is 24.1 Å². The number of fused-ring (bicyclic) bond motifs is 1. The van der Waals surface area contributed by atoms with Crippen molar-refractivity contribution in [2.45, 2.75) is 24.8 Å². The topological polar surface area (TPSA) is 158 Å². The zero-order valence-corrected chi connectivity index (χ0v) is 14.0. The predicted octanol–water partition coefficient (Wildman–Crippen LogP) is -0.211. The molecule has 3 aromatic heterocycles. The number of nitrogen functional groups attached to an aromatic ring is 1. The van der Waals surface area contributed by atoms with Crippen molar-refractivity contribution >= 4 is 23.0 Å². The number of aromatic carboxylic acids is 1. The highest BCUT2D eigenvalue weighted by molar-refractivity contribution is 5.87. The Kier molecular flexibility index (Phi) is 4.09. The van der Waals surface area contributed by atoms with E-state index in [-0.39, 0.29) is 23.5 Å². The first kappa shape index (κ1) is 17.1. The molecule has 11 nitrogen and oxygen atoms in total. The predicted molar refractivity (Wildman–Crippen MR) is 92.0 cm³/mol. The van der Waals surface area contributed by atoms with Crippen LogP contribution in [0.4, 0.5) is 5.82 Å². The Morgan fingerprint density at radius 1 is 1.30 bits per heavy atom. The first-order valence-corrected chi connectivity index (χ1v) is 8.14. The zero-order valence-electron chi connectivity index (χ0n) is 14.0. The summed E-state index contributed by atoms with van der Waals surface area (Å²) in [6.07, 6.45) is 3.12. The lowest BCUT2D eigenvalue weighted by atomic mass is 10.1. The molecule has 4 rings (SSSR count). The van der Waals surface area contributed by atoms with Crippen molar-refractivity contribution < 1.29 is 19.7 Å². The van der Waals surface area contributed by atoms with Gasteiger partial charge in [-0.15, -0.1) is 0 Å².